The highest BCUT2D eigenvalue weighted by molar-refractivity contribution is 5.79. The molecule has 0 amide bonds. The molecular formula is C8H17NO. The second-order valence-corrected chi connectivity index (χ2v) is 3.07. The molecule has 0 bridgehead atoms. The summed E-state index contributed by atoms with van der Waals surface area (Å²) in [4.78, 5) is 4.26. The fraction of sp³-hybridized carbons (Fsp3) is 0.875. The van der Waals surface area contributed by atoms with Gasteiger partial charge in [-0.05, 0) is 19.8 Å². The van der Waals surface area contributed by atoms with E-state index in [1.165, 1.54) is 0 Å². The maximum absolute atomic E-state index is 8.84. The molecule has 0 fully saturated rings. The lowest BCUT2D eigenvalue weighted by Gasteiger charge is -2.13. The van der Waals surface area contributed by atoms with Gasteiger partial charge >= 0.3 is 0 Å². The fourth-order valence-electron chi connectivity index (χ4n) is 0.732. The van der Waals surface area contributed by atoms with Crippen molar-refractivity contribution in [2.45, 2.75) is 33.7 Å². The van der Waals surface area contributed by atoms with Crippen molar-refractivity contribution < 1.29 is 5.11 Å². The van der Waals surface area contributed by atoms with E-state index in [1.54, 1.807) is 0 Å². The lowest BCUT2D eigenvalue weighted by atomic mass is 10.1. The zero-order chi connectivity index (χ0) is 8.15. The largest absolute Gasteiger partial charge is 0.394 e. The Morgan fingerprint density at radius 2 is 1.90 bits per heavy atom. The highest BCUT2D eigenvalue weighted by Crippen LogP contribution is 2.05. The van der Waals surface area contributed by atoms with Crippen LogP contribution in [0.4, 0.5) is 0 Å². The van der Waals surface area contributed by atoms with Crippen molar-refractivity contribution in [3.8, 4) is 0 Å². The molecule has 2 heteroatoms. The lowest BCUT2D eigenvalue weighted by Crippen LogP contribution is -2.18. The van der Waals surface area contributed by atoms with E-state index in [9.17, 15) is 0 Å². The topological polar surface area (TPSA) is 32.6 Å². The molecule has 0 spiro atoms. The first-order valence-corrected chi connectivity index (χ1v) is 3.69. The molecular weight excluding hydrogens is 126 g/mol. The van der Waals surface area contributed by atoms with Crippen molar-refractivity contribution in [3.63, 3.8) is 0 Å². The first kappa shape index (κ1) is 9.63. The third-order valence-corrected chi connectivity index (χ3v) is 1.38. The van der Waals surface area contributed by atoms with Gasteiger partial charge < -0.3 is 5.11 Å². The minimum atomic E-state index is 0.0880. The summed E-state index contributed by atoms with van der Waals surface area (Å²) < 4.78 is 0. The van der Waals surface area contributed by atoms with Crippen molar-refractivity contribution in [3.05, 3.63) is 0 Å². The van der Waals surface area contributed by atoms with Gasteiger partial charge in [-0.2, -0.15) is 0 Å². The van der Waals surface area contributed by atoms with Gasteiger partial charge in [-0.3, -0.25) is 4.99 Å². The molecule has 0 heterocycles. The molecule has 60 valence electrons. The van der Waals surface area contributed by atoms with E-state index in [-0.39, 0.29) is 12.6 Å². The van der Waals surface area contributed by atoms with Crippen molar-refractivity contribution in [2.75, 3.05) is 6.61 Å². The van der Waals surface area contributed by atoms with Crippen LogP contribution >= 0.6 is 0 Å². The molecule has 0 aromatic heterocycles. The average Bonchev–Trinajstić information content (AvgIpc) is 1.81. The molecule has 1 N–H and O–H groups in total. The minimum Gasteiger partial charge on any atom is -0.394 e. The van der Waals surface area contributed by atoms with E-state index in [1.807, 2.05) is 13.8 Å². The van der Waals surface area contributed by atoms with E-state index in [2.05, 4.69) is 18.8 Å². The van der Waals surface area contributed by atoms with Crippen LogP contribution in [0.25, 0.3) is 0 Å². The SMILES string of the molecule is CC(C)=NC(CO)C(C)C. The van der Waals surface area contributed by atoms with Crippen LogP contribution in [0.15, 0.2) is 4.99 Å². The smallest absolute Gasteiger partial charge is 0.0752 e. The number of hydrogen-bond acceptors (Lipinski definition) is 2. The second-order valence-electron chi connectivity index (χ2n) is 3.07. The third-order valence-electron chi connectivity index (χ3n) is 1.38. The Balaban J connectivity index is 3.96. The van der Waals surface area contributed by atoms with Crippen LogP contribution in [0.2, 0.25) is 0 Å². The molecule has 0 rings (SSSR count). The van der Waals surface area contributed by atoms with E-state index in [4.69, 9.17) is 5.11 Å². The van der Waals surface area contributed by atoms with Crippen molar-refractivity contribution in [1.82, 2.24) is 0 Å². The predicted octanol–water partition coefficient (Wildman–Crippen LogP) is 1.48. The van der Waals surface area contributed by atoms with Gasteiger partial charge in [0.2, 0.25) is 0 Å². The number of aliphatic imine (C=N–C) groups is 1. The summed E-state index contributed by atoms with van der Waals surface area (Å²) in [6.07, 6.45) is 0. The molecule has 0 radical (unpaired) electrons. The number of aliphatic hydroxyl groups is 1. The Bertz CT molecular complexity index is 114. The summed E-state index contributed by atoms with van der Waals surface area (Å²) in [5, 5.41) is 8.84. The summed E-state index contributed by atoms with van der Waals surface area (Å²) in [5.74, 6) is 0.430. The lowest BCUT2D eigenvalue weighted by molar-refractivity contribution is 0.240. The van der Waals surface area contributed by atoms with Crippen LogP contribution < -0.4 is 0 Å². The second kappa shape index (κ2) is 4.45. The maximum atomic E-state index is 8.84. The molecule has 1 unspecified atom stereocenters. The van der Waals surface area contributed by atoms with Gasteiger partial charge in [0.05, 0.1) is 12.6 Å². The van der Waals surface area contributed by atoms with Crippen molar-refractivity contribution in [1.29, 1.82) is 0 Å². The van der Waals surface area contributed by atoms with Crippen molar-refractivity contribution in [2.24, 2.45) is 10.9 Å². The first-order chi connectivity index (χ1) is 4.57. The van der Waals surface area contributed by atoms with Crippen LogP contribution in [-0.2, 0) is 0 Å². The minimum absolute atomic E-state index is 0.0880. The van der Waals surface area contributed by atoms with Gasteiger partial charge in [0, 0.05) is 5.71 Å². The van der Waals surface area contributed by atoms with E-state index >= 15 is 0 Å². The molecule has 2 nitrogen and oxygen atoms in total. The number of hydrogen-bond donors (Lipinski definition) is 1. The van der Waals surface area contributed by atoms with Gasteiger partial charge in [-0.1, -0.05) is 13.8 Å². The molecule has 1 atom stereocenters. The Hall–Kier alpha value is -0.370. The Kier molecular flexibility index (Phi) is 4.28. The average molecular weight is 143 g/mol. The molecule has 0 saturated heterocycles. The molecule has 0 aromatic carbocycles. The van der Waals surface area contributed by atoms with Gasteiger partial charge in [-0.15, -0.1) is 0 Å². The molecule has 0 aliphatic heterocycles. The van der Waals surface area contributed by atoms with E-state index in [0.717, 1.165) is 5.71 Å². The molecule has 10 heavy (non-hydrogen) atoms. The van der Waals surface area contributed by atoms with Crippen LogP contribution in [0.3, 0.4) is 0 Å². The summed E-state index contributed by atoms with van der Waals surface area (Å²) in [6.45, 7) is 8.18. The number of rotatable bonds is 3. The Labute approximate surface area is 63.0 Å². The quantitative estimate of drug-likeness (QED) is 0.596. The summed E-state index contributed by atoms with van der Waals surface area (Å²) >= 11 is 0. The predicted molar refractivity (Wildman–Crippen MR) is 44.5 cm³/mol. The first-order valence-electron chi connectivity index (χ1n) is 3.69. The van der Waals surface area contributed by atoms with Crippen LogP contribution in [-0.4, -0.2) is 23.5 Å². The highest BCUT2D eigenvalue weighted by Gasteiger charge is 2.08. The van der Waals surface area contributed by atoms with Crippen LogP contribution in [0.1, 0.15) is 27.7 Å². The maximum Gasteiger partial charge on any atom is 0.0752 e. The highest BCUT2D eigenvalue weighted by atomic mass is 16.3. The van der Waals surface area contributed by atoms with Gasteiger partial charge in [-0.25, -0.2) is 0 Å². The zero-order valence-electron chi connectivity index (χ0n) is 7.26. The van der Waals surface area contributed by atoms with E-state index in [0.29, 0.717) is 5.92 Å². The summed E-state index contributed by atoms with van der Waals surface area (Å²) in [6, 6.07) is 0.0880. The van der Waals surface area contributed by atoms with Gasteiger partial charge in [0.15, 0.2) is 0 Å². The fourth-order valence-corrected chi connectivity index (χ4v) is 0.732. The molecule has 0 aromatic rings. The van der Waals surface area contributed by atoms with Gasteiger partial charge in [0.1, 0.15) is 0 Å². The summed E-state index contributed by atoms with van der Waals surface area (Å²) in [5.41, 5.74) is 1.03. The normalized spacial score (nSPS) is 13.4. The van der Waals surface area contributed by atoms with Gasteiger partial charge in [0.25, 0.3) is 0 Å². The monoisotopic (exact) mass is 143 g/mol. The Morgan fingerprint density at radius 3 is 2.00 bits per heavy atom. The standard InChI is InChI=1S/C8H17NO/c1-6(2)8(5-10)9-7(3)4/h6,8,10H,5H2,1-4H3. The molecule has 0 aliphatic rings. The van der Waals surface area contributed by atoms with Crippen molar-refractivity contribution >= 4 is 5.71 Å². The molecule has 0 saturated carbocycles. The Morgan fingerprint density at radius 1 is 1.40 bits per heavy atom. The third kappa shape index (κ3) is 3.62. The van der Waals surface area contributed by atoms with Crippen LogP contribution in [0, 0.1) is 5.92 Å². The zero-order valence-corrected chi connectivity index (χ0v) is 7.26. The van der Waals surface area contributed by atoms with Crippen LogP contribution in [0.5, 0.6) is 0 Å². The molecule has 0 aliphatic carbocycles. The number of aliphatic hydroxyl groups excluding tert-OH is 1. The number of nitrogens with zero attached hydrogens (tertiary/aromatic N) is 1. The summed E-state index contributed by atoms with van der Waals surface area (Å²) in [7, 11) is 0. The van der Waals surface area contributed by atoms with E-state index < -0.39 is 0 Å².